The van der Waals surface area contributed by atoms with Crippen molar-refractivity contribution in [2.45, 2.75) is 19.1 Å². The van der Waals surface area contributed by atoms with Crippen LogP contribution in [0.4, 0.5) is 0 Å². The summed E-state index contributed by atoms with van der Waals surface area (Å²) >= 11 is 0. The summed E-state index contributed by atoms with van der Waals surface area (Å²) in [5.41, 5.74) is 5.12. The van der Waals surface area contributed by atoms with Crippen molar-refractivity contribution in [2.75, 3.05) is 0 Å². The highest BCUT2D eigenvalue weighted by atomic mass is 16.6. The lowest BCUT2D eigenvalue weighted by Gasteiger charge is -2.16. The molecule has 2 rings (SSSR count). The van der Waals surface area contributed by atoms with E-state index in [0.29, 0.717) is 11.1 Å². The predicted octanol–water partition coefficient (Wildman–Crippen LogP) is 1.11. The van der Waals surface area contributed by atoms with Crippen LogP contribution in [-0.2, 0) is 14.3 Å². The fourth-order valence-electron chi connectivity index (χ4n) is 1.95. The van der Waals surface area contributed by atoms with E-state index in [4.69, 9.17) is 4.74 Å². The molecule has 0 aliphatic heterocycles. The zero-order chi connectivity index (χ0) is 18.2. The van der Waals surface area contributed by atoms with Gasteiger partial charge in [-0.1, -0.05) is 48.5 Å². The second-order valence-electron chi connectivity index (χ2n) is 5.20. The summed E-state index contributed by atoms with van der Waals surface area (Å²) in [6, 6.07) is 16.5. The van der Waals surface area contributed by atoms with Crippen LogP contribution < -0.4 is 10.9 Å². The van der Waals surface area contributed by atoms with Gasteiger partial charge in [-0.25, -0.2) is 4.79 Å². The zero-order valence-electron chi connectivity index (χ0n) is 13.5. The zero-order valence-corrected chi connectivity index (χ0v) is 13.5. The lowest BCUT2D eigenvalue weighted by Crippen LogP contribution is -2.47. The Morgan fingerprint density at radius 3 is 2.08 bits per heavy atom. The molecular formula is C18H18N2O5. The summed E-state index contributed by atoms with van der Waals surface area (Å²) in [7, 11) is 0. The SMILES string of the molecule is C[C@H](OC(=O)[C@H](O)c1ccccc1)C(=O)NNC(=O)c1ccccc1. The molecule has 0 saturated heterocycles. The van der Waals surface area contributed by atoms with Crippen LogP contribution in [0.2, 0.25) is 0 Å². The fourth-order valence-corrected chi connectivity index (χ4v) is 1.95. The Morgan fingerprint density at radius 2 is 1.48 bits per heavy atom. The van der Waals surface area contributed by atoms with Gasteiger partial charge in [0, 0.05) is 5.56 Å². The number of hydrogen-bond donors (Lipinski definition) is 3. The number of hydrazine groups is 1. The molecule has 0 saturated carbocycles. The molecule has 7 heteroatoms. The number of ether oxygens (including phenoxy) is 1. The Kier molecular flexibility index (Phi) is 6.25. The van der Waals surface area contributed by atoms with E-state index in [1.807, 2.05) is 0 Å². The van der Waals surface area contributed by atoms with Gasteiger partial charge in [0.15, 0.2) is 12.2 Å². The highest BCUT2D eigenvalue weighted by molar-refractivity contribution is 5.95. The third-order valence-corrected chi connectivity index (χ3v) is 3.34. The van der Waals surface area contributed by atoms with Crippen LogP contribution in [0, 0.1) is 0 Å². The molecule has 0 aliphatic carbocycles. The minimum absolute atomic E-state index is 0.359. The molecule has 130 valence electrons. The smallest absolute Gasteiger partial charge is 0.340 e. The van der Waals surface area contributed by atoms with Gasteiger partial charge >= 0.3 is 5.97 Å². The van der Waals surface area contributed by atoms with Gasteiger partial charge in [-0.2, -0.15) is 0 Å². The van der Waals surface area contributed by atoms with Crippen LogP contribution in [0.5, 0.6) is 0 Å². The van der Waals surface area contributed by atoms with E-state index in [9.17, 15) is 19.5 Å². The van der Waals surface area contributed by atoms with Crippen molar-refractivity contribution in [2.24, 2.45) is 0 Å². The molecule has 0 aromatic heterocycles. The molecule has 0 spiro atoms. The number of aliphatic hydroxyl groups excluding tert-OH is 1. The Labute approximate surface area is 144 Å². The maximum Gasteiger partial charge on any atom is 0.340 e. The van der Waals surface area contributed by atoms with Gasteiger partial charge in [-0.05, 0) is 24.6 Å². The summed E-state index contributed by atoms with van der Waals surface area (Å²) in [6.07, 6.45) is -2.68. The minimum atomic E-state index is -1.49. The van der Waals surface area contributed by atoms with Crippen LogP contribution in [0.15, 0.2) is 60.7 Å². The van der Waals surface area contributed by atoms with Crippen molar-refractivity contribution in [3.63, 3.8) is 0 Å². The van der Waals surface area contributed by atoms with E-state index in [1.54, 1.807) is 60.7 Å². The monoisotopic (exact) mass is 342 g/mol. The first-order chi connectivity index (χ1) is 12.0. The van der Waals surface area contributed by atoms with E-state index in [0.717, 1.165) is 0 Å². The quantitative estimate of drug-likeness (QED) is 0.558. The molecule has 25 heavy (non-hydrogen) atoms. The number of hydrogen-bond acceptors (Lipinski definition) is 5. The molecule has 0 unspecified atom stereocenters. The highest BCUT2D eigenvalue weighted by Crippen LogP contribution is 2.14. The topological polar surface area (TPSA) is 105 Å². The molecule has 2 amide bonds. The average Bonchev–Trinajstić information content (AvgIpc) is 2.66. The molecule has 0 aliphatic rings. The first kappa shape index (κ1) is 18.2. The molecule has 0 radical (unpaired) electrons. The third-order valence-electron chi connectivity index (χ3n) is 3.34. The summed E-state index contributed by atoms with van der Waals surface area (Å²) in [6.45, 7) is 1.33. The second kappa shape index (κ2) is 8.60. The summed E-state index contributed by atoms with van der Waals surface area (Å²) < 4.78 is 4.91. The van der Waals surface area contributed by atoms with Crippen LogP contribution in [-0.4, -0.2) is 29.0 Å². The number of esters is 1. The molecule has 7 nitrogen and oxygen atoms in total. The van der Waals surface area contributed by atoms with E-state index in [1.165, 1.54) is 6.92 Å². The van der Waals surface area contributed by atoms with Crippen LogP contribution in [0.25, 0.3) is 0 Å². The van der Waals surface area contributed by atoms with E-state index < -0.39 is 30.0 Å². The normalized spacial score (nSPS) is 12.6. The molecule has 0 fully saturated rings. The Hall–Kier alpha value is -3.19. The van der Waals surface area contributed by atoms with Crippen molar-refractivity contribution in [3.8, 4) is 0 Å². The van der Waals surface area contributed by atoms with Crippen molar-refractivity contribution in [1.82, 2.24) is 10.9 Å². The number of amides is 2. The first-order valence-corrected chi connectivity index (χ1v) is 7.58. The maximum absolute atomic E-state index is 11.9. The molecule has 0 heterocycles. The number of rotatable bonds is 5. The van der Waals surface area contributed by atoms with Gasteiger partial charge in [0.1, 0.15) is 0 Å². The second-order valence-corrected chi connectivity index (χ2v) is 5.20. The van der Waals surface area contributed by atoms with Crippen molar-refractivity contribution >= 4 is 17.8 Å². The first-order valence-electron chi connectivity index (χ1n) is 7.58. The van der Waals surface area contributed by atoms with E-state index >= 15 is 0 Å². The molecule has 0 bridgehead atoms. The highest BCUT2D eigenvalue weighted by Gasteiger charge is 2.24. The summed E-state index contributed by atoms with van der Waals surface area (Å²) in [5, 5.41) is 9.91. The Morgan fingerprint density at radius 1 is 0.920 bits per heavy atom. The molecule has 3 N–H and O–H groups in total. The van der Waals surface area contributed by atoms with Gasteiger partial charge < -0.3 is 9.84 Å². The van der Waals surface area contributed by atoms with E-state index in [2.05, 4.69) is 10.9 Å². The molecule has 2 atom stereocenters. The van der Waals surface area contributed by atoms with Gasteiger partial charge in [0.25, 0.3) is 11.8 Å². The molecule has 2 aromatic carbocycles. The third kappa shape index (κ3) is 5.15. The summed E-state index contributed by atoms with van der Waals surface area (Å²) in [5.74, 6) is -2.18. The maximum atomic E-state index is 11.9. The van der Waals surface area contributed by atoms with Gasteiger partial charge in [0.2, 0.25) is 0 Å². The minimum Gasteiger partial charge on any atom is -0.450 e. The number of benzene rings is 2. The molecular weight excluding hydrogens is 324 g/mol. The number of nitrogens with one attached hydrogen (secondary N) is 2. The van der Waals surface area contributed by atoms with E-state index in [-0.39, 0.29) is 0 Å². The lowest BCUT2D eigenvalue weighted by molar-refractivity contribution is -0.163. The predicted molar refractivity (Wildman–Crippen MR) is 89.0 cm³/mol. The van der Waals surface area contributed by atoms with Crippen molar-refractivity contribution in [1.29, 1.82) is 0 Å². The van der Waals surface area contributed by atoms with Gasteiger partial charge in [0.05, 0.1) is 0 Å². The lowest BCUT2D eigenvalue weighted by atomic mass is 10.1. The summed E-state index contributed by atoms with van der Waals surface area (Å²) in [4.78, 5) is 35.6. The largest absolute Gasteiger partial charge is 0.450 e. The standard InChI is InChI=1S/C18H18N2O5/c1-12(25-18(24)15(21)13-8-4-2-5-9-13)16(22)19-20-17(23)14-10-6-3-7-11-14/h2-12,15,21H,1H3,(H,19,22)(H,20,23)/t12-,15+/m0/s1. The average molecular weight is 342 g/mol. The van der Waals surface area contributed by atoms with Gasteiger partial charge in [-0.15, -0.1) is 0 Å². The van der Waals surface area contributed by atoms with Crippen LogP contribution in [0.1, 0.15) is 28.9 Å². The molecule has 2 aromatic rings. The number of carbonyl (C=O) groups is 3. The number of carbonyl (C=O) groups excluding carboxylic acids is 3. The van der Waals surface area contributed by atoms with Crippen LogP contribution in [0.3, 0.4) is 0 Å². The van der Waals surface area contributed by atoms with Crippen molar-refractivity contribution in [3.05, 3.63) is 71.8 Å². The fraction of sp³-hybridized carbons (Fsp3) is 0.167. The number of aliphatic hydroxyl groups is 1. The van der Waals surface area contributed by atoms with Gasteiger partial charge in [-0.3, -0.25) is 20.4 Å². The Bertz CT molecular complexity index is 734. The Balaban J connectivity index is 1.83. The van der Waals surface area contributed by atoms with Crippen LogP contribution >= 0.6 is 0 Å². The van der Waals surface area contributed by atoms with Crippen molar-refractivity contribution < 1.29 is 24.2 Å².